The van der Waals surface area contributed by atoms with Crippen LogP contribution in [0.15, 0.2) is 114 Å². The van der Waals surface area contributed by atoms with Gasteiger partial charge < -0.3 is 10.2 Å². The van der Waals surface area contributed by atoms with Gasteiger partial charge >= 0.3 is 0 Å². The van der Waals surface area contributed by atoms with Crippen LogP contribution >= 0.6 is 23.2 Å². The lowest BCUT2D eigenvalue weighted by Gasteiger charge is -2.34. The molecule has 0 fully saturated rings. The Kier molecular flexibility index (Phi) is 11.4. The zero-order valence-corrected chi connectivity index (χ0v) is 26.9. The minimum absolute atomic E-state index is 0.0273. The third kappa shape index (κ3) is 8.62. The van der Waals surface area contributed by atoms with Gasteiger partial charge in [-0.25, -0.2) is 8.42 Å². The van der Waals surface area contributed by atoms with E-state index in [-0.39, 0.29) is 35.5 Å². The molecule has 0 unspecified atom stereocenters. The Labute approximate surface area is 269 Å². The molecule has 0 aliphatic carbocycles. The number of sulfonamides is 1. The summed E-state index contributed by atoms with van der Waals surface area (Å²) in [6.07, 6.45) is 0.924. The summed E-state index contributed by atoms with van der Waals surface area (Å²) in [5.74, 6) is -0.887. The van der Waals surface area contributed by atoms with Crippen LogP contribution in [0.3, 0.4) is 0 Å². The van der Waals surface area contributed by atoms with E-state index < -0.39 is 28.5 Å². The van der Waals surface area contributed by atoms with Gasteiger partial charge in [0, 0.05) is 29.1 Å². The van der Waals surface area contributed by atoms with Gasteiger partial charge in [0.05, 0.1) is 10.6 Å². The number of nitrogens with zero attached hydrogens (tertiary/aromatic N) is 2. The molecule has 0 radical (unpaired) electrons. The van der Waals surface area contributed by atoms with E-state index >= 15 is 0 Å². The fraction of sp³-hybridized carbons (Fsp3) is 0.235. The normalized spacial score (nSPS) is 12.6. The number of hydrogen-bond donors (Lipinski definition) is 1. The summed E-state index contributed by atoms with van der Waals surface area (Å²) in [5.41, 5.74) is 1.81. The molecule has 2 atom stereocenters. The van der Waals surface area contributed by atoms with E-state index in [0.29, 0.717) is 22.0 Å². The maximum atomic E-state index is 14.4. The summed E-state index contributed by atoms with van der Waals surface area (Å²) in [6.45, 7) is 3.34. The van der Waals surface area contributed by atoms with Crippen molar-refractivity contribution >= 4 is 50.7 Å². The van der Waals surface area contributed by atoms with Gasteiger partial charge in [0.2, 0.25) is 11.8 Å². The predicted octanol–water partition coefficient (Wildman–Crippen LogP) is 6.74. The van der Waals surface area contributed by atoms with Gasteiger partial charge in [-0.1, -0.05) is 90.8 Å². The molecule has 7 nitrogen and oxygen atoms in total. The number of anilines is 1. The van der Waals surface area contributed by atoms with Crippen molar-refractivity contribution in [2.75, 3.05) is 10.8 Å². The molecule has 44 heavy (non-hydrogen) atoms. The second-order valence-electron chi connectivity index (χ2n) is 10.5. The van der Waals surface area contributed by atoms with E-state index in [1.165, 1.54) is 17.0 Å². The molecule has 0 bridgehead atoms. The molecule has 0 aliphatic rings. The third-order valence-electron chi connectivity index (χ3n) is 7.24. The van der Waals surface area contributed by atoms with Crippen LogP contribution in [-0.2, 0) is 32.6 Å². The first-order valence-corrected chi connectivity index (χ1v) is 16.5. The zero-order chi connectivity index (χ0) is 31.7. The largest absolute Gasteiger partial charge is 0.352 e. The molecule has 2 amide bonds. The maximum Gasteiger partial charge on any atom is 0.264 e. The Morgan fingerprint density at radius 3 is 2.02 bits per heavy atom. The quantitative estimate of drug-likeness (QED) is 0.173. The van der Waals surface area contributed by atoms with Crippen molar-refractivity contribution in [3.05, 3.63) is 130 Å². The molecular formula is C34H35Cl2N3O4S. The van der Waals surface area contributed by atoms with Crippen LogP contribution in [0.25, 0.3) is 0 Å². The van der Waals surface area contributed by atoms with Crippen LogP contribution in [0.1, 0.15) is 31.4 Å². The van der Waals surface area contributed by atoms with Gasteiger partial charge in [-0.3, -0.25) is 13.9 Å². The number of hydrogen-bond acceptors (Lipinski definition) is 4. The van der Waals surface area contributed by atoms with Crippen molar-refractivity contribution in [1.82, 2.24) is 10.2 Å². The van der Waals surface area contributed by atoms with Crippen LogP contribution in [-0.4, -0.2) is 43.8 Å². The van der Waals surface area contributed by atoms with Crippen molar-refractivity contribution < 1.29 is 18.0 Å². The van der Waals surface area contributed by atoms with Gasteiger partial charge in [-0.15, -0.1) is 0 Å². The summed E-state index contributed by atoms with van der Waals surface area (Å²) in [7, 11) is -4.18. The average Bonchev–Trinajstić information content (AvgIpc) is 3.02. The zero-order valence-electron chi connectivity index (χ0n) is 24.6. The van der Waals surface area contributed by atoms with Crippen molar-refractivity contribution in [2.24, 2.45) is 0 Å². The van der Waals surface area contributed by atoms with Crippen molar-refractivity contribution in [3.8, 4) is 0 Å². The smallest absolute Gasteiger partial charge is 0.264 e. The fourth-order valence-electron chi connectivity index (χ4n) is 4.68. The van der Waals surface area contributed by atoms with Crippen LogP contribution in [0.4, 0.5) is 5.69 Å². The third-order valence-corrected chi connectivity index (χ3v) is 9.51. The lowest BCUT2D eigenvalue weighted by Crippen LogP contribution is -2.54. The SMILES string of the molecule is CC[C@@H](C)NC(=O)[C@H](Cc1ccccc1)N(Cc1cccc(Cl)c1)C(=O)CN(c1ccc(Cl)cc1)S(=O)(=O)c1ccccc1. The Hall–Kier alpha value is -3.85. The summed E-state index contributed by atoms with van der Waals surface area (Å²) in [6, 6.07) is 29.5. The number of carbonyl (C=O) groups excluding carboxylic acids is 2. The second kappa shape index (κ2) is 15.2. The highest BCUT2D eigenvalue weighted by Gasteiger charge is 2.35. The molecule has 4 rings (SSSR count). The van der Waals surface area contributed by atoms with Crippen LogP contribution in [0, 0.1) is 0 Å². The first-order valence-electron chi connectivity index (χ1n) is 14.3. The highest BCUT2D eigenvalue weighted by Crippen LogP contribution is 2.26. The molecule has 230 valence electrons. The molecule has 0 saturated heterocycles. The van der Waals surface area contributed by atoms with Gasteiger partial charge in [0.25, 0.3) is 10.0 Å². The Balaban J connectivity index is 1.80. The Morgan fingerprint density at radius 2 is 1.41 bits per heavy atom. The Bertz CT molecular complexity index is 1650. The van der Waals surface area contributed by atoms with Gasteiger partial charge in [-0.05, 0) is 73.0 Å². The van der Waals surface area contributed by atoms with Crippen molar-refractivity contribution in [3.63, 3.8) is 0 Å². The summed E-state index contributed by atoms with van der Waals surface area (Å²) in [4.78, 5) is 29.8. The van der Waals surface area contributed by atoms with E-state index in [0.717, 1.165) is 9.87 Å². The monoisotopic (exact) mass is 651 g/mol. The van der Waals surface area contributed by atoms with Gasteiger partial charge in [0.15, 0.2) is 0 Å². The van der Waals surface area contributed by atoms with E-state index in [9.17, 15) is 18.0 Å². The van der Waals surface area contributed by atoms with Crippen molar-refractivity contribution in [1.29, 1.82) is 0 Å². The second-order valence-corrected chi connectivity index (χ2v) is 13.2. The first-order chi connectivity index (χ1) is 21.1. The van der Waals surface area contributed by atoms with E-state index in [1.807, 2.05) is 50.2 Å². The van der Waals surface area contributed by atoms with Crippen LogP contribution in [0.2, 0.25) is 10.0 Å². The average molecular weight is 653 g/mol. The molecule has 0 saturated carbocycles. The molecule has 1 N–H and O–H groups in total. The molecule has 0 heterocycles. The van der Waals surface area contributed by atoms with E-state index in [1.54, 1.807) is 60.7 Å². The minimum atomic E-state index is -4.18. The van der Waals surface area contributed by atoms with Gasteiger partial charge in [-0.2, -0.15) is 0 Å². The number of amides is 2. The molecular weight excluding hydrogens is 617 g/mol. The number of halogens is 2. The molecule has 0 spiro atoms. The molecule has 0 aliphatic heterocycles. The molecule has 10 heteroatoms. The number of carbonyl (C=O) groups is 2. The van der Waals surface area contributed by atoms with Crippen LogP contribution in [0.5, 0.6) is 0 Å². The number of nitrogens with one attached hydrogen (secondary N) is 1. The molecule has 0 aromatic heterocycles. The predicted molar refractivity (Wildman–Crippen MR) is 176 cm³/mol. The van der Waals surface area contributed by atoms with E-state index in [4.69, 9.17) is 23.2 Å². The summed E-state index contributed by atoms with van der Waals surface area (Å²) >= 11 is 12.4. The van der Waals surface area contributed by atoms with Crippen molar-refractivity contribution in [2.45, 2.75) is 50.2 Å². The maximum absolute atomic E-state index is 14.4. The lowest BCUT2D eigenvalue weighted by atomic mass is 10.0. The standard InChI is InChI=1S/C34H35Cl2N3O4S/c1-3-25(2)37-34(41)32(22-26-11-6-4-7-12-26)38(23-27-13-10-14-29(36)21-27)33(40)24-39(30-19-17-28(35)18-20-30)44(42,43)31-15-8-5-9-16-31/h4-21,25,32H,3,22-24H2,1-2H3,(H,37,41)/t25-,32+/m1/s1. The Morgan fingerprint density at radius 1 is 0.795 bits per heavy atom. The number of benzene rings is 4. The first kappa shape index (κ1) is 33.1. The minimum Gasteiger partial charge on any atom is -0.352 e. The molecule has 4 aromatic rings. The summed E-state index contributed by atoms with van der Waals surface area (Å²) < 4.78 is 29.0. The highest BCUT2D eigenvalue weighted by molar-refractivity contribution is 7.92. The topological polar surface area (TPSA) is 86.8 Å². The van der Waals surface area contributed by atoms with Crippen LogP contribution < -0.4 is 9.62 Å². The van der Waals surface area contributed by atoms with Gasteiger partial charge in [0.1, 0.15) is 12.6 Å². The van der Waals surface area contributed by atoms with E-state index in [2.05, 4.69) is 5.32 Å². The summed E-state index contributed by atoms with van der Waals surface area (Å²) in [5, 5.41) is 3.92. The fourth-order valence-corrected chi connectivity index (χ4v) is 6.46. The lowest BCUT2D eigenvalue weighted by molar-refractivity contribution is -0.140. The number of rotatable bonds is 13. The highest BCUT2D eigenvalue weighted by atomic mass is 35.5. The molecule has 4 aromatic carbocycles.